The highest BCUT2D eigenvalue weighted by atomic mass is 35.5. The number of carboxylic acid groups (broad SMARTS) is 1. The number of alkyl halides is 1. The summed E-state index contributed by atoms with van der Waals surface area (Å²) < 4.78 is 37.4. The number of carbonyl (C=O) groups is 3. The van der Waals surface area contributed by atoms with Crippen molar-refractivity contribution in [2.45, 2.75) is 90.9 Å². The molecule has 72 heavy (non-hydrogen) atoms. The zero-order valence-electron chi connectivity index (χ0n) is 42.3. The normalized spacial score (nSPS) is 13.0. The number of anilines is 3. The van der Waals surface area contributed by atoms with Crippen molar-refractivity contribution in [3.05, 3.63) is 72.1 Å². The first-order valence-corrected chi connectivity index (χ1v) is 29.5. The molecule has 0 aliphatic carbocycles. The topological polar surface area (TPSA) is 268 Å². The molecule has 2 unspecified atom stereocenters. The second-order valence-electron chi connectivity index (χ2n) is 15.9. The van der Waals surface area contributed by atoms with Gasteiger partial charge in [-0.15, -0.1) is 23.4 Å². The van der Waals surface area contributed by atoms with Gasteiger partial charge in [0.1, 0.15) is 25.0 Å². The maximum atomic E-state index is 14.3. The molecule has 0 bridgehead atoms. The molecule has 404 valence electrons. The van der Waals surface area contributed by atoms with Crippen LogP contribution >= 0.6 is 65.5 Å². The van der Waals surface area contributed by atoms with E-state index in [2.05, 4.69) is 67.1 Å². The number of hydrogen-bond acceptors (Lipinski definition) is 17. The summed E-state index contributed by atoms with van der Waals surface area (Å²) >= 11 is 19.7. The van der Waals surface area contributed by atoms with E-state index in [4.69, 9.17) is 49.5 Å². The van der Waals surface area contributed by atoms with E-state index in [9.17, 15) is 33.0 Å². The maximum Gasteiger partial charge on any atom is 0.325 e. The first-order chi connectivity index (χ1) is 33.8. The molecule has 4 aromatic rings. The Morgan fingerprint density at radius 3 is 2.24 bits per heavy atom. The van der Waals surface area contributed by atoms with Crippen LogP contribution in [0, 0.1) is 12.7 Å². The molecule has 2 aromatic heterocycles. The molecule has 1 aliphatic rings. The number of carbonyl (C=O) groups excluding carboxylic acids is 2. The molecule has 0 saturated carbocycles. The Morgan fingerprint density at radius 2 is 1.69 bits per heavy atom. The minimum Gasteiger partial charge on any atom is -0.778 e. The number of rotatable bonds is 18. The molecule has 5 N–H and O–H groups in total. The summed E-state index contributed by atoms with van der Waals surface area (Å²) in [5.41, 5.74) is 3.29. The van der Waals surface area contributed by atoms with Crippen LogP contribution < -0.4 is 35.4 Å². The fraction of sp³-hybridized carbons (Fsp3) is 0.545. The van der Waals surface area contributed by atoms with Crippen LogP contribution in [0.25, 0.3) is 0 Å². The summed E-state index contributed by atoms with van der Waals surface area (Å²) in [4.78, 5) is 82.2. The van der Waals surface area contributed by atoms with E-state index < -0.39 is 38.2 Å². The van der Waals surface area contributed by atoms with E-state index in [0.717, 1.165) is 71.8 Å². The van der Waals surface area contributed by atoms with E-state index in [1.54, 1.807) is 21.4 Å². The van der Waals surface area contributed by atoms with Crippen LogP contribution in [-0.2, 0) is 58.8 Å². The van der Waals surface area contributed by atoms with Crippen molar-refractivity contribution in [1.82, 2.24) is 29.6 Å². The molecule has 0 fully saturated rings. The highest BCUT2D eigenvalue weighted by Crippen LogP contribution is 2.33. The van der Waals surface area contributed by atoms with Crippen molar-refractivity contribution < 1.29 is 47.7 Å². The van der Waals surface area contributed by atoms with Crippen molar-refractivity contribution in [1.29, 1.82) is 0 Å². The number of aliphatic carboxylic acids is 1. The number of nitrogens with zero attached hydrogens (tertiary/aromatic N) is 7. The van der Waals surface area contributed by atoms with E-state index in [1.807, 2.05) is 52.1 Å². The summed E-state index contributed by atoms with van der Waals surface area (Å²) in [7, 11) is -0.773. The van der Waals surface area contributed by atoms with Crippen LogP contribution in [0.2, 0.25) is 10.3 Å². The third kappa shape index (κ3) is 25.4. The predicted molar refractivity (Wildman–Crippen MR) is 289 cm³/mol. The first-order valence-electron chi connectivity index (χ1n) is 22.2. The second kappa shape index (κ2) is 34.6. The number of nitrogens with one attached hydrogen (secondary N) is 3. The van der Waals surface area contributed by atoms with Crippen molar-refractivity contribution >= 4 is 118 Å². The summed E-state index contributed by atoms with van der Waals surface area (Å²) in [6.07, 6.45) is 8.65. The van der Waals surface area contributed by atoms with Crippen LogP contribution in [0.5, 0.6) is 0 Å². The van der Waals surface area contributed by atoms with E-state index in [0.29, 0.717) is 52.2 Å². The number of methoxy groups -OCH3 is 2. The van der Waals surface area contributed by atoms with Gasteiger partial charge in [-0.3, -0.25) is 29.2 Å². The molecule has 1 amide bonds. The number of halogens is 4. The number of amides is 1. The average Bonchev–Trinajstić information content (AvgIpc) is 3.61. The van der Waals surface area contributed by atoms with E-state index in [-0.39, 0.29) is 50.5 Å². The Bertz CT molecular complexity index is 2520. The monoisotopic (exact) mass is 1150 g/mol. The van der Waals surface area contributed by atoms with Gasteiger partial charge in [-0.25, -0.2) is 14.1 Å². The molecule has 20 nitrogen and oxygen atoms in total. The van der Waals surface area contributed by atoms with Crippen LogP contribution in [0.4, 0.5) is 27.7 Å². The molecule has 0 radical (unpaired) electrons. The number of thioether (sulfide) groups is 1. The molecular formula is C44H67Cl3FN10O10PS3. The summed E-state index contributed by atoms with van der Waals surface area (Å²) in [5.74, 6) is -1.21. The molecule has 0 spiro atoms. The average molecular weight is 1150 g/mol. The summed E-state index contributed by atoms with van der Waals surface area (Å²) in [6.45, 7) is 14.1. The molecule has 1 aliphatic heterocycles. The minimum absolute atomic E-state index is 0.0223. The van der Waals surface area contributed by atoms with Gasteiger partial charge in [-0.1, -0.05) is 36.7 Å². The minimum atomic E-state index is -4.35. The van der Waals surface area contributed by atoms with Gasteiger partial charge in [-0.2, -0.15) is 15.0 Å². The zero-order valence-corrected chi connectivity index (χ0v) is 47.9. The van der Waals surface area contributed by atoms with Gasteiger partial charge in [0.25, 0.3) is 0 Å². The Hall–Kier alpha value is -3.81. The largest absolute Gasteiger partial charge is 0.778 e. The Morgan fingerprint density at radius 1 is 1.07 bits per heavy atom. The lowest BCUT2D eigenvalue weighted by atomic mass is 10.0. The van der Waals surface area contributed by atoms with Gasteiger partial charge in [0.15, 0.2) is 0 Å². The van der Waals surface area contributed by atoms with Gasteiger partial charge < -0.3 is 44.5 Å². The van der Waals surface area contributed by atoms with Gasteiger partial charge >= 0.3 is 16.8 Å². The molecule has 5 rings (SSSR count). The van der Waals surface area contributed by atoms with Crippen molar-refractivity contribution in [3.8, 4) is 0 Å². The lowest BCUT2D eigenvalue weighted by Crippen LogP contribution is -2.43. The van der Waals surface area contributed by atoms with Crippen molar-refractivity contribution in [2.75, 3.05) is 86.1 Å². The fourth-order valence-corrected chi connectivity index (χ4v) is 8.64. The number of esters is 1. The number of aryl methyl sites for hydroxylation is 2. The molecule has 2 aromatic carbocycles. The first kappa shape index (κ1) is 66.2. The Kier molecular flexibility index (Phi) is 31.8. The smallest absolute Gasteiger partial charge is 0.325 e. The van der Waals surface area contributed by atoms with E-state index in [1.165, 1.54) is 13.2 Å². The zero-order chi connectivity index (χ0) is 54.7. The van der Waals surface area contributed by atoms with E-state index >= 15 is 0 Å². The molecule has 2 atom stereocenters. The third-order valence-electron chi connectivity index (χ3n) is 8.81. The summed E-state index contributed by atoms with van der Waals surface area (Å²) in [6, 6.07) is 8.96. The molecule has 0 saturated heterocycles. The summed E-state index contributed by atoms with van der Waals surface area (Å²) in [5, 5.41) is 16.4. The highest BCUT2D eigenvalue weighted by Gasteiger charge is 2.25. The van der Waals surface area contributed by atoms with Crippen molar-refractivity contribution in [2.24, 2.45) is 4.99 Å². The number of ether oxygens (including phenoxy) is 2. The molecule has 3 heterocycles. The van der Waals surface area contributed by atoms with Crippen LogP contribution in [-0.4, -0.2) is 135 Å². The number of hydrogen-bond donors (Lipinski definition) is 5. The Balaban J connectivity index is 0.000000491. The molecule has 28 heteroatoms. The number of fused-ring (bicyclic) bond motifs is 1. The Labute approximate surface area is 446 Å². The number of carboxylic acids is 1. The highest BCUT2D eigenvalue weighted by molar-refractivity contribution is 8.00. The number of aromatic nitrogens is 5. The van der Waals surface area contributed by atoms with Gasteiger partial charge in [-0.05, 0) is 111 Å². The van der Waals surface area contributed by atoms with Gasteiger partial charge in [0.2, 0.25) is 27.9 Å². The predicted octanol–water partition coefficient (Wildman–Crippen LogP) is 6.39. The lowest BCUT2D eigenvalue weighted by Gasteiger charge is -2.31. The molecular weight excluding hydrogens is 1080 g/mol. The third-order valence-corrected chi connectivity index (χ3v) is 12.1. The van der Waals surface area contributed by atoms with Gasteiger partial charge in [0.05, 0.1) is 67.8 Å². The SMILES string of the molecule is CCNc1nc(Cl)nc(NC(C)C)n1.CCc1cccc(C)c1N(C(=O)CCl)C(C)COC.COC(=O)CSc1cc(N=c2sc(=O)n3n2CCCC3)c(F)cc1Cl.C[S+](C)C.O=C(O)CNCP(=O)([O-])O. The second-order valence-corrected chi connectivity index (χ2v) is 22.9. The maximum absolute atomic E-state index is 14.3. The lowest BCUT2D eigenvalue weighted by molar-refractivity contribution is -0.193. The quantitative estimate of drug-likeness (QED) is 0.0237. The number of benzene rings is 2. The standard InChI is InChI=1S/C15H15ClFN3O3S2.C15H22ClNO2.C8H14ClN5.C3H8NO5P.C3H9S/c1-23-13(21)8-24-12-7-11(10(17)6-9(12)16)18-14-19-4-2-3-5-20(19)15(22)25-14;1-5-13-8-6-7-11(2)15(13)17(14(18)9-16)12(3)10-19-4;1-4-10-7-12-6(9)13-8(14-7)11-5(2)3;5-3(6)1-4-2-10(7,8)9;1-4(2)3/h6-7H,2-5,8H2,1H3;6-8,12H,5,9-10H2,1-4H3;5H,4H2,1-3H3,(H2,10,11,12,13,14);4H,1-2H2,(H,5,6)(H2,7,8,9);1-3H3/q;;;;+1/p-1. The number of para-hydroxylation sites is 1. The van der Waals surface area contributed by atoms with Gasteiger partial charge in [0, 0.05) is 37.7 Å². The van der Waals surface area contributed by atoms with Crippen LogP contribution in [0.15, 0.2) is 45.0 Å². The van der Waals surface area contributed by atoms with Crippen molar-refractivity contribution in [3.63, 3.8) is 0 Å². The van der Waals surface area contributed by atoms with Crippen LogP contribution in [0.1, 0.15) is 58.6 Å². The fourth-order valence-electron chi connectivity index (χ4n) is 5.97. The van der Waals surface area contributed by atoms with Crippen LogP contribution in [0.3, 0.4) is 0 Å².